The van der Waals surface area contributed by atoms with Crippen LogP contribution in [0.3, 0.4) is 0 Å². The van der Waals surface area contributed by atoms with E-state index < -0.39 is 0 Å². The van der Waals surface area contributed by atoms with Crippen molar-refractivity contribution in [3.05, 3.63) is 139 Å². The molecule has 6 rings (SSSR count). The highest BCUT2D eigenvalue weighted by Crippen LogP contribution is 2.34. The Morgan fingerprint density at radius 1 is 0.795 bits per heavy atom. The topological polar surface area (TPSA) is 64.9 Å². The maximum atomic E-state index is 12.6. The molecule has 0 unspecified atom stereocenters. The number of nitriles is 1. The van der Waals surface area contributed by atoms with E-state index in [0.717, 1.165) is 40.2 Å². The molecule has 0 saturated carbocycles. The van der Waals surface area contributed by atoms with Crippen molar-refractivity contribution in [2.45, 2.75) is 0 Å². The fraction of sp³-hybridized carbons (Fsp3) is 0. The van der Waals surface area contributed by atoms with E-state index in [1.54, 1.807) is 11.0 Å². The first-order chi connectivity index (χ1) is 19.2. The molecule has 6 heteroatoms. The molecule has 1 amide bonds. The molecule has 0 aliphatic rings. The molecule has 0 aliphatic heterocycles. The van der Waals surface area contributed by atoms with Gasteiger partial charge in [-0.05, 0) is 54.6 Å². The van der Waals surface area contributed by atoms with E-state index in [-0.39, 0.29) is 0 Å². The second-order valence-electron chi connectivity index (χ2n) is 9.01. The minimum Gasteiger partial charge on any atom is -0.354 e. The summed E-state index contributed by atoms with van der Waals surface area (Å²) in [6, 6.07) is 43.4. The molecule has 0 aliphatic carbocycles. The minimum absolute atomic E-state index is 0.451. The number of nitrogens with one attached hydrogen (secondary N) is 1. The van der Waals surface area contributed by atoms with E-state index in [0.29, 0.717) is 16.9 Å². The molecule has 0 bridgehead atoms. The van der Waals surface area contributed by atoms with Crippen LogP contribution in [-0.4, -0.2) is 11.0 Å². The largest absolute Gasteiger partial charge is 0.354 e. The van der Waals surface area contributed by atoms with Gasteiger partial charge in [-0.1, -0.05) is 60.7 Å². The normalized spacial score (nSPS) is 10.6. The van der Waals surface area contributed by atoms with Gasteiger partial charge in [-0.2, -0.15) is 14.4 Å². The van der Waals surface area contributed by atoms with Crippen molar-refractivity contribution in [3.63, 3.8) is 0 Å². The van der Waals surface area contributed by atoms with Crippen LogP contribution >= 0.6 is 0 Å². The molecule has 1 N–H and O–H groups in total. The zero-order valence-electron chi connectivity index (χ0n) is 21.0. The summed E-state index contributed by atoms with van der Waals surface area (Å²) in [5.74, 6) is 0. The Bertz CT molecular complexity index is 1820. The van der Waals surface area contributed by atoms with Gasteiger partial charge in [-0.15, -0.1) is 0 Å². The maximum absolute atomic E-state index is 12.6. The Labute approximate surface area is 226 Å². The molecule has 0 saturated heterocycles. The molecule has 6 nitrogen and oxygen atoms in total. The summed E-state index contributed by atoms with van der Waals surface area (Å²) in [5.41, 5.74) is 7.20. The number of carbonyl (C=O) groups is 1. The van der Waals surface area contributed by atoms with E-state index in [1.807, 2.05) is 114 Å². The lowest BCUT2D eigenvalue weighted by atomic mass is 10.1. The Kier molecular flexibility index (Phi) is 6.30. The molecule has 1 aromatic heterocycles. The van der Waals surface area contributed by atoms with E-state index in [9.17, 15) is 10.1 Å². The van der Waals surface area contributed by atoms with Crippen LogP contribution in [-0.2, 0) is 4.79 Å². The molecule has 0 atom stereocenters. The summed E-state index contributed by atoms with van der Waals surface area (Å²) < 4.78 is 4.16. The summed E-state index contributed by atoms with van der Waals surface area (Å²) in [4.78, 5) is 14.1. The number of carbonyl (C=O) groups excluding carboxylic acids is 1. The average molecular weight is 507 g/mol. The number of imidazole rings is 1. The smallest absolute Gasteiger partial charge is 0.255 e. The highest BCUT2D eigenvalue weighted by Gasteiger charge is 2.21. The number of fused-ring (bicyclic) bond motifs is 1. The number of amides is 1. The molecule has 5 aromatic carbocycles. The van der Waals surface area contributed by atoms with Crippen molar-refractivity contribution in [2.24, 2.45) is 0 Å². The molecule has 186 valence electrons. The number of rotatable bonds is 7. The lowest BCUT2D eigenvalue weighted by Crippen LogP contribution is -2.28. The third-order valence-corrected chi connectivity index (χ3v) is 6.58. The van der Waals surface area contributed by atoms with E-state index in [4.69, 9.17) is 0 Å². The number of hydrogen-bond acceptors (Lipinski definition) is 3. The van der Waals surface area contributed by atoms with E-state index in [2.05, 4.69) is 34.2 Å². The first kappa shape index (κ1) is 23.7. The maximum Gasteiger partial charge on any atom is 0.255 e. The van der Waals surface area contributed by atoms with Crippen LogP contribution in [0.15, 0.2) is 134 Å². The highest BCUT2D eigenvalue weighted by molar-refractivity contribution is 5.93. The van der Waals surface area contributed by atoms with Crippen molar-refractivity contribution in [2.75, 3.05) is 10.2 Å². The average Bonchev–Trinajstić information content (AvgIpc) is 3.39. The van der Waals surface area contributed by atoms with Gasteiger partial charge < -0.3 is 5.32 Å². The summed E-state index contributed by atoms with van der Waals surface area (Å²) in [6.45, 7) is 0. The lowest BCUT2D eigenvalue weighted by Gasteiger charge is -2.22. The van der Waals surface area contributed by atoms with E-state index in [1.165, 1.54) is 0 Å². The van der Waals surface area contributed by atoms with Gasteiger partial charge in [0.15, 0.2) is 11.0 Å². The third-order valence-electron chi connectivity index (χ3n) is 6.58. The summed E-state index contributed by atoms with van der Waals surface area (Å²) in [7, 11) is 0. The van der Waals surface area contributed by atoms with Crippen LogP contribution < -0.4 is 14.8 Å². The second-order valence-corrected chi connectivity index (χ2v) is 9.01. The fourth-order valence-electron chi connectivity index (χ4n) is 4.77. The van der Waals surface area contributed by atoms with Crippen LogP contribution in [0.25, 0.3) is 22.4 Å². The van der Waals surface area contributed by atoms with Crippen LogP contribution in [0.2, 0.25) is 0 Å². The molecular weight excluding hydrogens is 482 g/mol. The number of para-hydroxylation sites is 6. The Morgan fingerprint density at radius 3 is 2.26 bits per heavy atom. The van der Waals surface area contributed by atoms with Gasteiger partial charge in [0, 0.05) is 17.8 Å². The minimum atomic E-state index is 0.451. The summed E-state index contributed by atoms with van der Waals surface area (Å²) in [5, 5.41) is 13.3. The van der Waals surface area contributed by atoms with Gasteiger partial charge in [-0.25, -0.2) is 0 Å². The zero-order chi connectivity index (χ0) is 26.6. The molecule has 39 heavy (non-hydrogen) atoms. The van der Waals surface area contributed by atoms with Crippen molar-refractivity contribution in [1.29, 1.82) is 5.26 Å². The predicted octanol–water partition coefficient (Wildman–Crippen LogP) is 6.82. The van der Waals surface area contributed by atoms with Crippen LogP contribution in [0, 0.1) is 11.3 Å². The van der Waals surface area contributed by atoms with Crippen molar-refractivity contribution >= 4 is 40.2 Å². The van der Waals surface area contributed by atoms with Gasteiger partial charge in [0.05, 0.1) is 28.7 Å². The summed E-state index contributed by atoms with van der Waals surface area (Å²) in [6.07, 6.45) is 2.79. The quantitative estimate of drug-likeness (QED) is 0.191. The number of anilines is 4. The number of aromatic nitrogens is 2. The van der Waals surface area contributed by atoms with Crippen LogP contribution in [0.5, 0.6) is 0 Å². The molecular formula is C33H24N5O+. The lowest BCUT2D eigenvalue weighted by molar-refractivity contribution is -0.567. The van der Waals surface area contributed by atoms with Crippen molar-refractivity contribution < 1.29 is 9.36 Å². The molecule has 1 heterocycles. The summed E-state index contributed by atoms with van der Waals surface area (Å²) >= 11 is 0. The molecule has 0 spiro atoms. The monoisotopic (exact) mass is 506 g/mol. The van der Waals surface area contributed by atoms with Crippen molar-refractivity contribution in [3.8, 4) is 17.4 Å². The Hall–Kier alpha value is -5.67. The molecule has 0 radical (unpaired) electrons. The third kappa shape index (κ3) is 4.61. The SMILES string of the molecule is N#Cc1cc(N(C=O)c2ccccc2Nc2ccccc2)cc(-n2c[n+](-c3ccccc3)c3ccccc32)c1. The van der Waals surface area contributed by atoms with E-state index >= 15 is 0 Å². The highest BCUT2D eigenvalue weighted by atomic mass is 16.1. The van der Waals surface area contributed by atoms with Gasteiger partial charge in [0.25, 0.3) is 6.33 Å². The van der Waals surface area contributed by atoms with Gasteiger partial charge in [-0.3, -0.25) is 9.69 Å². The Balaban J connectivity index is 1.49. The van der Waals surface area contributed by atoms with Crippen molar-refractivity contribution in [1.82, 2.24) is 4.57 Å². The van der Waals surface area contributed by atoms with Crippen LogP contribution in [0.1, 0.15) is 5.56 Å². The molecule has 6 aromatic rings. The molecule has 0 fully saturated rings. The van der Waals surface area contributed by atoms with Crippen LogP contribution in [0.4, 0.5) is 22.7 Å². The number of benzene rings is 5. The Morgan fingerprint density at radius 2 is 1.49 bits per heavy atom. The second kappa shape index (κ2) is 10.4. The fourth-order valence-corrected chi connectivity index (χ4v) is 4.77. The first-order valence-electron chi connectivity index (χ1n) is 12.5. The number of hydrogen-bond donors (Lipinski definition) is 1. The standard InChI is InChI=1S/C33H24N5O/c34-22-25-19-28(37-23-36(27-13-5-2-6-14-27)32-17-9-10-18-33(32)37)21-29(20-25)38(24-39)31-16-8-7-15-30(31)35-26-11-3-1-4-12-26/h1-21,23-24,35H/q+1. The predicted molar refractivity (Wildman–Crippen MR) is 154 cm³/mol. The van der Waals surface area contributed by atoms with Gasteiger partial charge in [0.1, 0.15) is 11.4 Å². The van der Waals surface area contributed by atoms with Gasteiger partial charge in [0.2, 0.25) is 6.41 Å². The van der Waals surface area contributed by atoms with Gasteiger partial charge >= 0.3 is 0 Å². The number of nitrogens with zero attached hydrogens (tertiary/aromatic N) is 4. The first-order valence-corrected chi connectivity index (χ1v) is 12.5. The zero-order valence-corrected chi connectivity index (χ0v) is 21.0.